The summed E-state index contributed by atoms with van der Waals surface area (Å²) in [5.41, 5.74) is 10.0. The number of rotatable bonds is 7. The number of anilines is 1. The zero-order valence-corrected chi connectivity index (χ0v) is 17.7. The average molecular weight is 438 g/mol. The number of hydrogen-bond acceptors (Lipinski definition) is 8. The molecule has 3 aromatic heterocycles. The van der Waals surface area contributed by atoms with Gasteiger partial charge in [-0.2, -0.15) is 0 Å². The van der Waals surface area contributed by atoms with Gasteiger partial charge in [0.2, 0.25) is 5.95 Å². The first kappa shape index (κ1) is 20.7. The van der Waals surface area contributed by atoms with Gasteiger partial charge in [0, 0.05) is 12.7 Å². The molecule has 4 rings (SSSR count). The van der Waals surface area contributed by atoms with E-state index in [0.717, 1.165) is 11.4 Å². The summed E-state index contributed by atoms with van der Waals surface area (Å²) >= 11 is 6.25. The van der Waals surface area contributed by atoms with Crippen LogP contribution in [0.3, 0.4) is 0 Å². The Hall–Kier alpha value is -3.56. The Labute approximate surface area is 183 Å². The van der Waals surface area contributed by atoms with Crippen molar-refractivity contribution in [3.63, 3.8) is 0 Å². The lowest BCUT2D eigenvalue weighted by Crippen LogP contribution is -2.04. The highest BCUT2D eigenvalue weighted by atomic mass is 35.5. The van der Waals surface area contributed by atoms with E-state index in [1.807, 2.05) is 30.3 Å². The number of nitrogens with zero attached hydrogens (tertiary/aromatic N) is 6. The molecule has 3 heterocycles. The highest BCUT2D eigenvalue weighted by Gasteiger charge is 2.15. The Kier molecular flexibility index (Phi) is 6.06. The summed E-state index contributed by atoms with van der Waals surface area (Å²) in [4.78, 5) is 13.2. The Balaban J connectivity index is 1.64. The summed E-state index contributed by atoms with van der Waals surface area (Å²) < 4.78 is 12.3. The van der Waals surface area contributed by atoms with Gasteiger partial charge in [0.25, 0.3) is 0 Å². The molecule has 158 valence electrons. The monoisotopic (exact) mass is 437 g/mol. The van der Waals surface area contributed by atoms with E-state index in [9.17, 15) is 0 Å². The van der Waals surface area contributed by atoms with Crippen LogP contribution < -0.4 is 10.5 Å². The molecule has 0 aliphatic rings. The lowest BCUT2D eigenvalue weighted by molar-refractivity contribution is 0.181. The van der Waals surface area contributed by atoms with Crippen LogP contribution >= 0.6 is 11.6 Å². The van der Waals surface area contributed by atoms with E-state index >= 15 is 0 Å². The highest BCUT2D eigenvalue weighted by molar-refractivity contribution is 6.32. The van der Waals surface area contributed by atoms with Crippen LogP contribution in [-0.4, -0.2) is 44.2 Å². The van der Waals surface area contributed by atoms with Crippen LogP contribution in [0.2, 0.25) is 5.02 Å². The number of halogens is 1. The molecule has 0 unspecified atom stereocenters. The summed E-state index contributed by atoms with van der Waals surface area (Å²) in [6.07, 6.45) is 1.78. The first-order chi connectivity index (χ1) is 15.1. The van der Waals surface area contributed by atoms with Crippen molar-refractivity contribution in [3.05, 3.63) is 65.1 Å². The third-order valence-corrected chi connectivity index (χ3v) is 4.77. The molecule has 9 nitrogen and oxygen atoms in total. The number of nitrogen functional groups attached to an aromatic ring is 1. The van der Waals surface area contributed by atoms with Crippen molar-refractivity contribution in [1.29, 1.82) is 0 Å². The van der Waals surface area contributed by atoms with Crippen molar-refractivity contribution in [3.8, 4) is 28.4 Å². The van der Waals surface area contributed by atoms with E-state index in [4.69, 9.17) is 26.8 Å². The maximum Gasteiger partial charge on any atom is 0.221 e. The van der Waals surface area contributed by atoms with E-state index in [1.54, 1.807) is 37.2 Å². The second kappa shape index (κ2) is 9.07. The van der Waals surface area contributed by atoms with Gasteiger partial charge in [0.05, 0.1) is 54.3 Å². The van der Waals surface area contributed by atoms with Gasteiger partial charge in [0.15, 0.2) is 0 Å². The molecule has 31 heavy (non-hydrogen) atoms. The lowest BCUT2D eigenvalue weighted by atomic mass is 10.1. The lowest BCUT2D eigenvalue weighted by Gasteiger charge is -2.10. The van der Waals surface area contributed by atoms with Crippen LogP contribution in [0.15, 0.2) is 48.7 Å². The number of methoxy groups -OCH3 is 2. The molecule has 0 atom stereocenters. The average Bonchev–Trinajstić information content (AvgIpc) is 3.22. The highest BCUT2D eigenvalue weighted by Crippen LogP contribution is 2.36. The number of aromatic nitrogens is 6. The molecular formula is C21H20ClN7O2. The minimum atomic E-state index is 0.109. The second-order valence-corrected chi connectivity index (χ2v) is 7.08. The molecule has 1 aromatic carbocycles. The minimum absolute atomic E-state index is 0.109. The van der Waals surface area contributed by atoms with Gasteiger partial charge < -0.3 is 15.2 Å². The van der Waals surface area contributed by atoms with E-state index in [-0.39, 0.29) is 5.95 Å². The third-order valence-electron chi connectivity index (χ3n) is 4.47. The molecule has 0 amide bonds. The predicted molar refractivity (Wildman–Crippen MR) is 117 cm³/mol. The Morgan fingerprint density at radius 2 is 1.74 bits per heavy atom. The molecule has 2 N–H and O–H groups in total. The van der Waals surface area contributed by atoms with Crippen LogP contribution in [0.1, 0.15) is 11.4 Å². The summed E-state index contributed by atoms with van der Waals surface area (Å²) in [5.74, 6) is 0.622. The largest absolute Gasteiger partial charge is 0.494 e. The standard InChI is InChI=1S/C21H20ClN7O2/c1-30-12-14-6-3-5-13(24-14)10-29-11-19(27-28-29)18-9-17(25-21(23)26-18)15-7-4-8-16(22)20(15)31-2/h3-9,11H,10,12H2,1-2H3,(H2,23,25,26). The fourth-order valence-corrected chi connectivity index (χ4v) is 3.41. The Morgan fingerprint density at radius 1 is 0.968 bits per heavy atom. The van der Waals surface area contributed by atoms with E-state index in [0.29, 0.717) is 46.6 Å². The molecule has 10 heteroatoms. The molecule has 0 fully saturated rings. The van der Waals surface area contributed by atoms with Crippen molar-refractivity contribution < 1.29 is 9.47 Å². The van der Waals surface area contributed by atoms with E-state index < -0.39 is 0 Å². The van der Waals surface area contributed by atoms with E-state index in [1.165, 1.54) is 0 Å². The molecule has 0 saturated heterocycles. The molecule has 4 aromatic rings. The van der Waals surface area contributed by atoms with Gasteiger partial charge in [-0.15, -0.1) is 5.10 Å². The van der Waals surface area contributed by atoms with Crippen LogP contribution in [0, 0.1) is 0 Å². The van der Waals surface area contributed by atoms with Crippen molar-refractivity contribution in [2.75, 3.05) is 20.0 Å². The summed E-state index contributed by atoms with van der Waals surface area (Å²) in [6.45, 7) is 0.909. The topological polar surface area (TPSA) is 114 Å². The van der Waals surface area contributed by atoms with Crippen molar-refractivity contribution in [2.45, 2.75) is 13.2 Å². The molecule has 0 aliphatic carbocycles. The smallest absolute Gasteiger partial charge is 0.221 e. The fourth-order valence-electron chi connectivity index (χ4n) is 3.16. The Morgan fingerprint density at radius 3 is 2.55 bits per heavy atom. The number of para-hydroxylation sites is 1. The number of nitrogens with two attached hydrogens (primary N) is 1. The first-order valence-electron chi connectivity index (χ1n) is 9.39. The van der Waals surface area contributed by atoms with Gasteiger partial charge >= 0.3 is 0 Å². The van der Waals surface area contributed by atoms with Crippen LogP contribution in [0.4, 0.5) is 5.95 Å². The predicted octanol–water partition coefficient (Wildman–Crippen LogP) is 3.24. The maximum absolute atomic E-state index is 6.25. The number of pyridine rings is 1. The van der Waals surface area contributed by atoms with Crippen LogP contribution in [-0.2, 0) is 17.9 Å². The zero-order chi connectivity index (χ0) is 21.8. The van der Waals surface area contributed by atoms with Crippen molar-refractivity contribution >= 4 is 17.5 Å². The van der Waals surface area contributed by atoms with Gasteiger partial charge in [0.1, 0.15) is 11.4 Å². The normalized spacial score (nSPS) is 10.9. The number of hydrogen-bond donors (Lipinski definition) is 1. The quantitative estimate of drug-likeness (QED) is 0.468. The fraction of sp³-hybridized carbons (Fsp3) is 0.190. The molecule has 0 aliphatic heterocycles. The first-order valence-corrected chi connectivity index (χ1v) is 9.77. The molecular weight excluding hydrogens is 418 g/mol. The van der Waals surface area contributed by atoms with Crippen LogP contribution in [0.25, 0.3) is 22.6 Å². The molecule has 0 bridgehead atoms. The van der Waals surface area contributed by atoms with Crippen molar-refractivity contribution in [1.82, 2.24) is 29.9 Å². The second-order valence-electron chi connectivity index (χ2n) is 6.67. The number of ether oxygens (including phenoxy) is 2. The molecule has 0 saturated carbocycles. The molecule has 0 radical (unpaired) electrons. The van der Waals surface area contributed by atoms with Gasteiger partial charge in [-0.05, 0) is 30.3 Å². The Bertz CT molecular complexity index is 1210. The summed E-state index contributed by atoms with van der Waals surface area (Å²) in [7, 11) is 3.19. The van der Waals surface area contributed by atoms with Crippen molar-refractivity contribution in [2.24, 2.45) is 0 Å². The number of benzene rings is 1. The zero-order valence-electron chi connectivity index (χ0n) is 17.0. The van der Waals surface area contributed by atoms with Gasteiger partial charge in [-0.25, -0.2) is 14.6 Å². The SMILES string of the molecule is COCc1cccc(Cn2cc(-c3cc(-c4cccc(Cl)c4OC)nc(N)n3)nn2)n1. The minimum Gasteiger partial charge on any atom is -0.494 e. The maximum atomic E-state index is 6.25. The van der Waals surface area contributed by atoms with Crippen LogP contribution in [0.5, 0.6) is 5.75 Å². The summed E-state index contributed by atoms with van der Waals surface area (Å²) in [6, 6.07) is 13.0. The third kappa shape index (κ3) is 4.62. The summed E-state index contributed by atoms with van der Waals surface area (Å²) in [5, 5.41) is 8.91. The van der Waals surface area contributed by atoms with Gasteiger partial charge in [-0.3, -0.25) is 4.98 Å². The van der Waals surface area contributed by atoms with Gasteiger partial charge in [-0.1, -0.05) is 28.9 Å². The molecule has 0 spiro atoms. The van der Waals surface area contributed by atoms with E-state index in [2.05, 4.69) is 25.3 Å².